The summed E-state index contributed by atoms with van der Waals surface area (Å²) in [7, 11) is 0. The predicted molar refractivity (Wildman–Crippen MR) is 70.9 cm³/mol. The second-order valence-electron chi connectivity index (χ2n) is 4.53. The Morgan fingerprint density at radius 3 is 2.72 bits per heavy atom. The van der Waals surface area contributed by atoms with Crippen LogP contribution >= 0.6 is 0 Å². The molecule has 4 heteroatoms. The minimum absolute atomic E-state index is 0.239. The lowest BCUT2D eigenvalue weighted by molar-refractivity contribution is 0.153. The van der Waals surface area contributed by atoms with E-state index in [-0.39, 0.29) is 6.04 Å². The summed E-state index contributed by atoms with van der Waals surface area (Å²) >= 11 is 0. The summed E-state index contributed by atoms with van der Waals surface area (Å²) in [6.07, 6.45) is 2.01. The van der Waals surface area contributed by atoms with E-state index in [1.54, 1.807) is 6.20 Å². The Labute approximate surface area is 107 Å². The minimum atomic E-state index is -0.421. The smallest absolute Gasteiger partial charge is 0.0804 e. The first kappa shape index (κ1) is 12.8. The molecule has 0 saturated carbocycles. The maximum absolute atomic E-state index is 10.1. The molecule has 0 aliphatic rings. The Kier molecular flexibility index (Phi) is 4.50. The number of hydrogen-bond donors (Lipinski definition) is 3. The zero-order valence-corrected chi connectivity index (χ0v) is 10.5. The molecule has 0 amide bonds. The van der Waals surface area contributed by atoms with Crippen LogP contribution in [0.2, 0.25) is 0 Å². The zero-order valence-electron chi connectivity index (χ0n) is 10.5. The number of H-pyrrole nitrogens is 1. The highest BCUT2D eigenvalue weighted by Crippen LogP contribution is 2.17. The van der Waals surface area contributed by atoms with Crippen LogP contribution in [0.15, 0.2) is 42.6 Å². The van der Waals surface area contributed by atoms with Gasteiger partial charge in [0.2, 0.25) is 0 Å². The molecule has 0 fully saturated rings. The lowest BCUT2D eigenvalue weighted by Crippen LogP contribution is -2.27. The third-order valence-electron chi connectivity index (χ3n) is 2.96. The highest BCUT2D eigenvalue weighted by molar-refractivity contribution is 5.17. The number of nitrogens with zero attached hydrogens (tertiary/aromatic N) is 1. The molecule has 0 aliphatic carbocycles. The van der Waals surface area contributed by atoms with E-state index in [2.05, 4.69) is 22.4 Å². The maximum Gasteiger partial charge on any atom is 0.0804 e. The third kappa shape index (κ3) is 3.68. The molecule has 3 N–H and O–H groups in total. The van der Waals surface area contributed by atoms with Gasteiger partial charge >= 0.3 is 0 Å². The van der Waals surface area contributed by atoms with E-state index < -0.39 is 6.10 Å². The average molecular weight is 245 g/mol. The fourth-order valence-corrected chi connectivity index (χ4v) is 1.90. The molecule has 1 aromatic heterocycles. The molecule has 1 aromatic carbocycles. The van der Waals surface area contributed by atoms with Crippen molar-refractivity contribution in [2.24, 2.45) is 0 Å². The Morgan fingerprint density at radius 2 is 2.06 bits per heavy atom. The van der Waals surface area contributed by atoms with Gasteiger partial charge in [-0.1, -0.05) is 30.3 Å². The molecule has 0 aliphatic heterocycles. The van der Waals surface area contributed by atoms with Crippen LogP contribution in [0, 0.1) is 0 Å². The molecule has 0 saturated heterocycles. The van der Waals surface area contributed by atoms with Crippen LogP contribution in [-0.2, 0) is 6.54 Å². The number of aliphatic hydroxyl groups is 1. The van der Waals surface area contributed by atoms with Crippen molar-refractivity contribution in [2.75, 3.05) is 0 Å². The minimum Gasteiger partial charge on any atom is -0.388 e. The molecule has 2 rings (SSSR count). The molecular weight excluding hydrogens is 226 g/mol. The second-order valence-corrected chi connectivity index (χ2v) is 4.53. The quantitative estimate of drug-likeness (QED) is 0.729. The first-order chi connectivity index (χ1) is 8.75. The molecule has 0 spiro atoms. The van der Waals surface area contributed by atoms with Gasteiger partial charge in [0.15, 0.2) is 0 Å². The normalized spacial score (nSPS) is 14.3. The van der Waals surface area contributed by atoms with Crippen LogP contribution in [0.3, 0.4) is 0 Å². The van der Waals surface area contributed by atoms with Gasteiger partial charge in [-0.15, -0.1) is 0 Å². The van der Waals surface area contributed by atoms with Crippen molar-refractivity contribution < 1.29 is 5.11 Å². The van der Waals surface area contributed by atoms with Crippen molar-refractivity contribution in [3.63, 3.8) is 0 Å². The molecular formula is C14H19N3O. The van der Waals surface area contributed by atoms with Crippen molar-refractivity contribution in [3.05, 3.63) is 53.9 Å². The number of benzene rings is 1. The number of hydrogen-bond acceptors (Lipinski definition) is 3. The van der Waals surface area contributed by atoms with Gasteiger partial charge in [-0.25, -0.2) is 0 Å². The van der Waals surface area contributed by atoms with Gasteiger partial charge < -0.3 is 10.4 Å². The third-order valence-corrected chi connectivity index (χ3v) is 2.96. The second kappa shape index (κ2) is 6.33. The molecule has 0 radical (unpaired) electrons. The summed E-state index contributed by atoms with van der Waals surface area (Å²) in [6.45, 7) is 2.81. The van der Waals surface area contributed by atoms with Crippen molar-refractivity contribution >= 4 is 0 Å². The summed E-state index contributed by atoms with van der Waals surface area (Å²) < 4.78 is 0. The van der Waals surface area contributed by atoms with E-state index in [1.807, 2.05) is 36.4 Å². The van der Waals surface area contributed by atoms with Crippen molar-refractivity contribution in [1.29, 1.82) is 0 Å². The van der Waals surface area contributed by atoms with Crippen LogP contribution < -0.4 is 5.32 Å². The first-order valence-electron chi connectivity index (χ1n) is 6.20. The van der Waals surface area contributed by atoms with E-state index in [0.29, 0.717) is 6.42 Å². The summed E-state index contributed by atoms with van der Waals surface area (Å²) in [5.74, 6) is 0. The van der Waals surface area contributed by atoms with Gasteiger partial charge in [-0.3, -0.25) is 5.10 Å². The van der Waals surface area contributed by atoms with Crippen LogP contribution in [0.25, 0.3) is 0 Å². The largest absolute Gasteiger partial charge is 0.388 e. The van der Waals surface area contributed by atoms with Gasteiger partial charge in [0, 0.05) is 24.5 Å². The Balaban J connectivity index is 1.78. The molecule has 0 bridgehead atoms. The van der Waals surface area contributed by atoms with Crippen LogP contribution in [0.5, 0.6) is 0 Å². The van der Waals surface area contributed by atoms with Gasteiger partial charge in [-0.05, 0) is 25.0 Å². The van der Waals surface area contributed by atoms with Gasteiger partial charge in [0.1, 0.15) is 0 Å². The fourth-order valence-electron chi connectivity index (χ4n) is 1.90. The highest BCUT2D eigenvalue weighted by atomic mass is 16.3. The molecule has 1 heterocycles. The number of aliphatic hydroxyl groups excluding tert-OH is 1. The predicted octanol–water partition coefficient (Wildman–Crippen LogP) is 2.01. The van der Waals surface area contributed by atoms with E-state index in [4.69, 9.17) is 0 Å². The molecule has 18 heavy (non-hydrogen) atoms. The van der Waals surface area contributed by atoms with E-state index >= 15 is 0 Å². The molecule has 2 unspecified atom stereocenters. The Morgan fingerprint density at radius 1 is 1.28 bits per heavy atom. The van der Waals surface area contributed by atoms with Crippen molar-refractivity contribution in [2.45, 2.75) is 32.0 Å². The average Bonchev–Trinajstić information content (AvgIpc) is 2.90. The van der Waals surface area contributed by atoms with Gasteiger partial charge in [-0.2, -0.15) is 5.10 Å². The number of aromatic amines is 1. The highest BCUT2D eigenvalue weighted by Gasteiger charge is 2.11. The Hall–Kier alpha value is -1.65. The van der Waals surface area contributed by atoms with Crippen molar-refractivity contribution in [3.8, 4) is 0 Å². The monoisotopic (exact) mass is 245 g/mol. The van der Waals surface area contributed by atoms with E-state index in [1.165, 1.54) is 0 Å². The van der Waals surface area contributed by atoms with E-state index in [9.17, 15) is 5.11 Å². The lowest BCUT2D eigenvalue weighted by atomic mass is 10.0. The first-order valence-corrected chi connectivity index (χ1v) is 6.20. The summed E-state index contributed by atoms with van der Waals surface area (Å²) in [4.78, 5) is 0. The number of nitrogens with one attached hydrogen (secondary N) is 2. The van der Waals surface area contributed by atoms with Crippen LogP contribution in [0.4, 0.5) is 0 Å². The molecule has 96 valence electrons. The van der Waals surface area contributed by atoms with Crippen LogP contribution in [-0.4, -0.2) is 21.3 Å². The zero-order chi connectivity index (χ0) is 12.8. The molecule has 4 nitrogen and oxygen atoms in total. The fraction of sp³-hybridized carbons (Fsp3) is 0.357. The standard InChI is InChI=1S/C14H19N3O/c1-11(15-10-13-7-8-16-17-13)9-14(18)12-5-3-2-4-6-12/h2-8,11,14-15,18H,9-10H2,1H3,(H,16,17). The molecule has 2 atom stereocenters. The summed E-state index contributed by atoms with van der Waals surface area (Å²) in [6, 6.07) is 11.9. The van der Waals surface area contributed by atoms with Gasteiger partial charge in [0.25, 0.3) is 0 Å². The lowest BCUT2D eigenvalue weighted by Gasteiger charge is -2.17. The maximum atomic E-state index is 10.1. The topological polar surface area (TPSA) is 60.9 Å². The SMILES string of the molecule is CC(CC(O)c1ccccc1)NCc1ccn[nH]1. The summed E-state index contributed by atoms with van der Waals surface area (Å²) in [5, 5.41) is 20.2. The van der Waals surface area contributed by atoms with Crippen molar-refractivity contribution in [1.82, 2.24) is 15.5 Å². The Bertz CT molecular complexity index is 441. The van der Waals surface area contributed by atoms with Gasteiger partial charge in [0.05, 0.1) is 6.10 Å². The number of aromatic nitrogens is 2. The number of rotatable bonds is 6. The van der Waals surface area contributed by atoms with E-state index in [0.717, 1.165) is 17.8 Å². The van der Waals surface area contributed by atoms with Crippen LogP contribution in [0.1, 0.15) is 30.7 Å². The molecule has 2 aromatic rings. The summed E-state index contributed by atoms with van der Waals surface area (Å²) in [5.41, 5.74) is 2.02.